The van der Waals surface area contributed by atoms with Gasteiger partial charge in [0, 0.05) is 0 Å². The van der Waals surface area contributed by atoms with E-state index in [1.165, 1.54) is 0 Å². The van der Waals surface area contributed by atoms with Crippen molar-refractivity contribution in [3.63, 3.8) is 0 Å². The highest BCUT2D eigenvalue weighted by Crippen LogP contribution is 2.49. The van der Waals surface area contributed by atoms with Gasteiger partial charge in [-0.25, -0.2) is 4.79 Å². The molecule has 2 aliphatic carbocycles. The quantitative estimate of drug-likeness (QED) is 0.783. The first kappa shape index (κ1) is 14.6. The van der Waals surface area contributed by atoms with E-state index in [1.807, 2.05) is 12.9 Å². The Labute approximate surface area is 129 Å². The van der Waals surface area contributed by atoms with E-state index in [9.17, 15) is 15.0 Å². The van der Waals surface area contributed by atoms with Crippen molar-refractivity contribution in [3.8, 4) is 5.75 Å². The number of phenolic OH excluding ortho intramolecular Hbond substituents is 1. The van der Waals surface area contributed by atoms with Crippen LogP contribution in [0.5, 0.6) is 5.75 Å². The van der Waals surface area contributed by atoms with E-state index in [-0.39, 0.29) is 5.75 Å². The smallest absolute Gasteiger partial charge is 0.132 e. The molecule has 0 spiro atoms. The monoisotopic (exact) mass is 294 g/mol. The number of benzene rings is 1. The number of hydrogen-bond donors (Lipinski definition) is 2. The molecule has 0 bridgehead atoms. The van der Waals surface area contributed by atoms with Gasteiger partial charge in [0.2, 0.25) is 0 Å². The normalized spacial score (nSPS) is 23.4. The fourth-order valence-electron chi connectivity index (χ4n) is 3.60. The molecule has 1 aromatic carbocycles. The molecule has 3 nitrogen and oxygen atoms in total. The molecule has 0 aromatic heterocycles. The fraction of sp³-hybridized carbons (Fsp3) is 0.263. The van der Waals surface area contributed by atoms with Gasteiger partial charge in [0.15, 0.2) is 0 Å². The second kappa shape index (κ2) is 4.84. The van der Waals surface area contributed by atoms with Crippen LogP contribution in [0.25, 0.3) is 5.57 Å². The van der Waals surface area contributed by atoms with Crippen molar-refractivity contribution in [2.24, 2.45) is 0 Å². The number of aliphatic hydroxyl groups is 1. The lowest BCUT2D eigenvalue weighted by atomic mass is 9.67. The predicted octanol–water partition coefficient (Wildman–Crippen LogP) is 3.04. The van der Waals surface area contributed by atoms with Gasteiger partial charge in [-0.3, -0.25) is 0 Å². The van der Waals surface area contributed by atoms with E-state index in [4.69, 9.17) is 0 Å². The minimum atomic E-state index is -1.14. The SMILES string of the molecule is C=CC1=C(C)C(=C=O)C=C2c3ccc(O)c(C)c3CCC21O. The molecule has 1 unspecified atom stereocenters. The van der Waals surface area contributed by atoms with Crippen LogP contribution in [0.2, 0.25) is 0 Å². The van der Waals surface area contributed by atoms with Crippen LogP contribution in [-0.4, -0.2) is 21.8 Å². The Morgan fingerprint density at radius 3 is 2.73 bits per heavy atom. The van der Waals surface area contributed by atoms with E-state index in [0.29, 0.717) is 29.6 Å². The second-order valence-corrected chi connectivity index (χ2v) is 5.91. The van der Waals surface area contributed by atoms with E-state index in [2.05, 4.69) is 6.58 Å². The lowest BCUT2D eigenvalue weighted by Crippen LogP contribution is -2.39. The lowest BCUT2D eigenvalue weighted by molar-refractivity contribution is 0.128. The number of allylic oxidation sites excluding steroid dienone is 3. The van der Waals surface area contributed by atoms with Crippen LogP contribution in [0.15, 0.2) is 47.6 Å². The first-order chi connectivity index (χ1) is 10.4. The molecule has 0 amide bonds. The van der Waals surface area contributed by atoms with Gasteiger partial charge in [0.05, 0.1) is 5.57 Å². The average molecular weight is 294 g/mol. The zero-order valence-electron chi connectivity index (χ0n) is 12.7. The maximum atomic E-state index is 11.2. The summed E-state index contributed by atoms with van der Waals surface area (Å²) in [6.07, 6.45) is 4.50. The van der Waals surface area contributed by atoms with Crippen LogP contribution in [0.4, 0.5) is 0 Å². The van der Waals surface area contributed by atoms with Crippen molar-refractivity contribution in [2.75, 3.05) is 0 Å². The summed E-state index contributed by atoms with van der Waals surface area (Å²) in [5.41, 5.74) is 4.10. The van der Waals surface area contributed by atoms with E-state index >= 15 is 0 Å². The largest absolute Gasteiger partial charge is 0.508 e. The van der Waals surface area contributed by atoms with Gasteiger partial charge in [-0.2, -0.15) is 0 Å². The number of aromatic hydroxyl groups is 1. The van der Waals surface area contributed by atoms with Gasteiger partial charge < -0.3 is 10.2 Å². The molecular weight excluding hydrogens is 276 g/mol. The molecule has 0 heterocycles. The first-order valence-electron chi connectivity index (χ1n) is 7.29. The predicted molar refractivity (Wildman–Crippen MR) is 86.2 cm³/mol. The molecule has 112 valence electrons. The Bertz CT molecular complexity index is 804. The minimum Gasteiger partial charge on any atom is -0.508 e. The maximum absolute atomic E-state index is 11.2. The minimum absolute atomic E-state index is 0.252. The van der Waals surface area contributed by atoms with E-state index < -0.39 is 5.60 Å². The highest BCUT2D eigenvalue weighted by atomic mass is 16.3. The summed E-state index contributed by atoms with van der Waals surface area (Å²) in [4.78, 5) is 11.2. The van der Waals surface area contributed by atoms with Gasteiger partial charge in [-0.05, 0) is 72.2 Å². The molecule has 22 heavy (non-hydrogen) atoms. The van der Waals surface area contributed by atoms with Crippen molar-refractivity contribution in [1.82, 2.24) is 0 Å². The number of phenols is 1. The van der Waals surface area contributed by atoms with Gasteiger partial charge in [-0.15, -0.1) is 0 Å². The molecule has 2 N–H and O–H groups in total. The molecule has 2 aliphatic rings. The zero-order valence-corrected chi connectivity index (χ0v) is 12.7. The Morgan fingerprint density at radius 1 is 1.36 bits per heavy atom. The third kappa shape index (κ3) is 1.77. The number of rotatable bonds is 1. The summed E-state index contributed by atoms with van der Waals surface area (Å²) in [5.74, 6) is 2.20. The highest BCUT2D eigenvalue weighted by molar-refractivity contribution is 5.89. The van der Waals surface area contributed by atoms with Crippen LogP contribution >= 0.6 is 0 Å². The molecule has 0 saturated heterocycles. The summed E-state index contributed by atoms with van der Waals surface area (Å²) in [6.45, 7) is 7.47. The molecule has 1 aromatic rings. The standard InChI is InChI=1S/C19H18O3/c1-4-16-11(2)13(10-20)9-17-15-5-6-18(21)12(3)14(15)7-8-19(16,17)22/h4-6,9,21-22H,1,7-8H2,2-3H3. The highest BCUT2D eigenvalue weighted by Gasteiger charge is 2.43. The molecule has 0 saturated carbocycles. The Kier molecular flexibility index (Phi) is 3.21. The van der Waals surface area contributed by atoms with Crippen molar-refractivity contribution in [3.05, 3.63) is 64.3 Å². The number of hydrogen-bond acceptors (Lipinski definition) is 3. The van der Waals surface area contributed by atoms with Crippen LogP contribution in [-0.2, 0) is 11.2 Å². The fourth-order valence-corrected chi connectivity index (χ4v) is 3.60. The summed E-state index contributed by atoms with van der Waals surface area (Å²) in [6, 6.07) is 3.43. The van der Waals surface area contributed by atoms with Crippen molar-refractivity contribution < 1.29 is 15.0 Å². The lowest BCUT2D eigenvalue weighted by Gasteiger charge is -2.41. The summed E-state index contributed by atoms with van der Waals surface area (Å²) >= 11 is 0. The third-order valence-corrected chi connectivity index (χ3v) is 4.90. The average Bonchev–Trinajstić information content (AvgIpc) is 2.50. The molecule has 0 radical (unpaired) electrons. The molecule has 3 rings (SSSR count). The van der Waals surface area contributed by atoms with Gasteiger partial charge in [0.1, 0.15) is 17.3 Å². The van der Waals surface area contributed by atoms with Crippen LogP contribution in [0, 0.1) is 6.92 Å². The van der Waals surface area contributed by atoms with Gasteiger partial charge in [0.25, 0.3) is 0 Å². The van der Waals surface area contributed by atoms with E-state index in [0.717, 1.165) is 22.3 Å². The molecule has 3 heteroatoms. The van der Waals surface area contributed by atoms with Gasteiger partial charge >= 0.3 is 0 Å². The number of carbonyl (C=O) groups excluding carboxylic acids is 1. The van der Waals surface area contributed by atoms with Crippen molar-refractivity contribution in [2.45, 2.75) is 32.3 Å². The maximum Gasteiger partial charge on any atom is 0.132 e. The van der Waals surface area contributed by atoms with Crippen LogP contribution in [0.3, 0.4) is 0 Å². The second-order valence-electron chi connectivity index (χ2n) is 5.91. The molecule has 1 atom stereocenters. The topological polar surface area (TPSA) is 57.5 Å². The van der Waals surface area contributed by atoms with Crippen molar-refractivity contribution in [1.29, 1.82) is 0 Å². The Morgan fingerprint density at radius 2 is 2.09 bits per heavy atom. The Balaban J connectivity index is 2.33. The van der Waals surface area contributed by atoms with Gasteiger partial charge in [-0.1, -0.05) is 18.7 Å². The molecular formula is C19H18O3. The molecule has 0 aliphatic heterocycles. The summed E-state index contributed by atoms with van der Waals surface area (Å²) < 4.78 is 0. The van der Waals surface area contributed by atoms with Crippen LogP contribution < -0.4 is 0 Å². The third-order valence-electron chi connectivity index (χ3n) is 4.90. The van der Waals surface area contributed by atoms with Crippen LogP contribution in [0.1, 0.15) is 30.0 Å². The number of fused-ring (bicyclic) bond motifs is 3. The van der Waals surface area contributed by atoms with E-state index in [1.54, 1.807) is 31.2 Å². The Hall–Kier alpha value is -2.35. The summed E-state index contributed by atoms with van der Waals surface area (Å²) in [5, 5.41) is 21.1. The zero-order chi connectivity index (χ0) is 16.1. The molecule has 0 fully saturated rings. The van der Waals surface area contributed by atoms with Crippen molar-refractivity contribution >= 4 is 11.5 Å². The first-order valence-corrected chi connectivity index (χ1v) is 7.29. The summed E-state index contributed by atoms with van der Waals surface area (Å²) in [7, 11) is 0.